The maximum Gasteiger partial charge on any atom is 0.223 e. The monoisotopic (exact) mass is 179 g/mol. The summed E-state index contributed by atoms with van der Waals surface area (Å²) in [5, 5.41) is 3.23. The van der Waals surface area contributed by atoms with Gasteiger partial charge in [-0.2, -0.15) is 0 Å². The van der Waals surface area contributed by atoms with Crippen LogP contribution in [0.3, 0.4) is 0 Å². The van der Waals surface area contributed by atoms with Crippen LogP contribution < -0.4 is 5.32 Å². The molecule has 3 atom stereocenters. The third-order valence-electron chi connectivity index (χ3n) is 4.01. The van der Waals surface area contributed by atoms with Gasteiger partial charge in [-0.25, -0.2) is 0 Å². The number of amides is 1. The summed E-state index contributed by atoms with van der Waals surface area (Å²) >= 11 is 0. The van der Waals surface area contributed by atoms with Crippen molar-refractivity contribution in [2.45, 2.75) is 44.6 Å². The molecule has 0 radical (unpaired) electrons. The Morgan fingerprint density at radius 2 is 1.92 bits per heavy atom. The SMILES string of the molecule is O=C(N[C@@H]1C[C@H]2CC[C@H]1C2)C1CC1. The Hall–Kier alpha value is -0.530. The van der Waals surface area contributed by atoms with E-state index in [0.717, 1.165) is 24.7 Å². The van der Waals surface area contributed by atoms with Crippen molar-refractivity contribution in [1.82, 2.24) is 5.32 Å². The first-order valence-corrected chi connectivity index (χ1v) is 5.63. The predicted octanol–water partition coefficient (Wildman–Crippen LogP) is 1.70. The molecular formula is C11H17NO. The number of rotatable bonds is 2. The number of carbonyl (C=O) groups is 1. The van der Waals surface area contributed by atoms with Crippen molar-refractivity contribution in [3.05, 3.63) is 0 Å². The average Bonchev–Trinajstić information content (AvgIpc) is 2.79. The van der Waals surface area contributed by atoms with Crippen molar-refractivity contribution >= 4 is 5.91 Å². The van der Waals surface area contributed by atoms with Crippen molar-refractivity contribution in [3.8, 4) is 0 Å². The quantitative estimate of drug-likeness (QED) is 0.687. The molecule has 3 aliphatic rings. The Bertz CT molecular complexity index is 234. The van der Waals surface area contributed by atoms with Crippen LogP contribution in [0.5, 0.6) is 0 Å². The Morgan fingerprint density at radius 3 is 2.46 bits per heavy atom. The lowest BCUT2D eigenvalue weighted by molar-refractivity contribution is -0.123. The summed E-state index contributed by atoms with van der Waals surface area (Å²) in [5.41, 5.74) is 0. The fourth-order valence-electron chi connectivity index (χ4n) is 3.07. The van der Waals surface area contributed by atoms with Crippen molar-refractivity contribution in [3.63, 3.8) is 0 Å². The lowest BCUT2D eigenvalue weighted by atomic mass is 9.95. The van der Waals surface area contributed by atoms with Crippen LogP contribution in [0.1, 0.15) is 38.5 Å². The van der Waals surface area contributed by atoms with Gasteiger partial charge in [0.05, 0.1) is 0 Å². The molecule has 2 bridgehead atoms. The van der Waals surface area contributed by atoms with Crippen molar-refractivity contribution < 1.29 is 4.79 Å². The molecule has 0 spiro atoms. The maximum absolute atomic E-state index is 11.5. The Balaban J connectivity index is 1.58. The molecule has 3 fully saturated rings. The van der Waals surface area contributed by atoms with Gasteiger partial charge < -0.3 is 5.32 Å². The van der Waals surface area contributed by atoms with E-state index in [1.54, 1.807) is 0 Å². The van der Waals surface area contributed by atoms with Gasteiger partial charge in [-0.05, 0) is 43.9 Å². The second-order valence-electron chi connectivity index (χ2n) is 5.06. The number of hydrogen-bond acceptors (Lipinski definition) is 1. The normalized spacial score (nSPS) is 42.3. The lowest BCUT2D eigenvalue weighted by Gasteiger charge is -2.22. The fourth-order valence-corrected chi connectivity index (χ4v) is 3.07. The van der Waals surface area contributed by atoms with Crippen LogP contribution in [-0.2, 0) is 4.79 Å². The van der Waals surface area contributed by atoms with Gasteiger partial charge in [-0.15, -0.1) is 0 Å². The van der Waals surface area contributed by atoms with Crippen LogP contribution in [-0.4, -0.2) is 11.9 Å². The summed E-state index contributed by atoms with van der Waals surface area (Å²) in [6, 6.07) is 0.548. The van der Waals surface area contributed by atoms with Crippen LogP contribution >= 0.6 is 0 Å². The highest BCUT2D eigenvalue weighted by molar-refractivity contribution is 5.81. The number of carbonyl (C=O) groups excluding carboxylic acids is 1. The molecule has 3 saturated carbocycles. The Labute approximate surface area is 79.1 Å². The molecule has 3 rings (SSSR count). The van der Waals surface area contributed by atoms with E-state index >= 15 is 0 Å². The topological polar surface area (TPSA) is 29.1 Å². The highest BCUT2D eigenvalue weighted by Crippen LogP contribution is 2.44. The molecule has 1 amide bonds. The smallest absolute Gasteiger partial charge is 0.223 e. The molecule has 3 aliphatic carbocycles. The number of hydrogen-bond donors (Lipinski definition) is 1. The minimum Gasteiger partial charge on any atom is -0.353 e. The van der Waals surface area contributed by atoms with E-state index in [2.05, 4.69) is 5.32 Å². The molecule has 2 heteroatoms. The highest BCUT2D eigenvalue weighted by Gasteiger charge is 2.41. The Kier molecular flexibility index (Phi) is 1.64. The first-order valence-electron chi connectivity index (χ1n) is 5.63. The van der Waals surface area contributed by atoms with Crippen LogP contribution in [0, 0.1) is 17.8 Å². The standard InChI is InChI=1S/C11H17NO/c13-11(8-3-4-8)12-10-6-7-1-2-9(10)5-7/h7-10H,1-6H2,(H,12,13)/t7-,9-,10+/m0/s1. The summed E-state index contributed by atoms with van der Waals surface area (Å²) in [6.45, 7) is 0. The summed E-state index contributed by atoms with van der Waals surface area (Å²) in [4.78, 5) is 11.5. The summed E-state index contributed by atoms with van der Waals surface area (Å²) in [6.07, 6.45) is 7.69. The van der Waals surface area contributed by atoms with Gasteiger partial charge in [0, 0.05) is 12.0 Å². The molecule has 0 heterocycles. The number of fused-ring (bicyclic) bond motifs is 2. The maximum atomic E-state index is 11.5. The zero-order valence-electron chi connectivity index (χ0n) is 7.96. The van der Waals surface area contributed by atoms with E-state index in [0.29, 0.717) is 17.9 Å². The third kappa shape index (κ3) is 1.36. The van der Waals surface area contributed by atoms with Gasteiger partial charge in [0.2, 0.25) is 5.91 Å². The first-order chi connectivity index (χ1) is 6.33. The van der Waals surface area contributed by atoms with Crippen molar-refractivity contribution in [2.75, 3.05) is 0 Å². The van der Waals surface area contributed by atoms with Gasteiger partial charge >= 0.3 is 0 Å². The molecule has 0 aromatic rings. The van der Waals surface area contributed by atoms with E-state index in [1.807, 2.05) is 0 Å². The van der Waals surface area contributed by atoms with Crippen molar-refractivity contribution in [1.29, 1.82) is 0 Å². The van der Waals surface area contributed by atoms with Gasteiger partial charge in [-0.1, -0.05) is 6.42 Å². The zero-order valence-corrected chi connectivity index (χ0v) is 7.96. The van der Waals surface area contributed by atoms with E-state index < -0.39 is 0 Å². The summed E-state index contributed by atoms with van der Waals surface area (Å²) < 4.78 is 0. The van der Waals surface area contributed by atoms with E-state index in [9.17, 15) is 4.79 Å². The average molecular weight is 179 g/mol. The minimum absolute atomic E-state index is 0.345. The highest BCUT2D eigenvalue weighted by atomic mass is 16.2. The molecule has 0 aromatic heterocycles. The third-order valence-corrected chi connectivity index (χ3v) is 4.01. The molecule has 0 unspecified atom stereocenters. The lowest BCUT2D eigenvalue weighted by Crippen LogP contribution is -2.39. The molecule has 72 valence electrons. The molecule has 0 aliphatic heterocycles. The Morgan fingerprint density at radius 1 is 1.08 bits per heavy atom. The van der Waals surface area contributed by atoms with E-state index in [-0.39, 0.29) is 0 Å². The molecule has 13 heavy (non-hydrogen) atoms. The fraction of sp³-hybridized carbons (Fsp3) is 0.909. The second-order valence-corrected chi connectivity index (χ2v) is 5.06. The predicted molar refractivity (Wildman–Crippen MR) is 50.1 cm³/mol. The number of nitrogens with one attached hydrogen (secondary N) is 1. The zero-order chi connectivity index (χ0) is 8.84. The molecule has 0 aromatic carbocycles. The first kappa shape index (κ1) is 7.84. The van der Waals surface area contributed by atoms with Gasteiger partial charge in [-0.3, -0.25) is 4.79 Å². The van der Waals surface area contributed by atoms with Gasteiger partial charge in [0.15, 0.2) is 0 Å². The second kappa shape index (κ2) is 2.73. The van der Waals surface area contributed by atoms with Crippen LogP contribution in [0.4, 0.5) is 0 Å². The van der Waals surface area contributed by atoms with Crippen LogP contribution in [0.2, 0.25) is 0 Å². The van der Waals surface area contributed by atoms with E-state index in [4.69, 9.17) is 0 Å². The molecule has 1 N–H and O–H groups in total. The minimum atomic E-state index is 0.345. The molecule has 0 saturated heterocycles. The molecule has 2 nitrogen and oxygen atoms in total. The van der Waals surface area contributed by atoms with Gasteiger partial charge in [0.25, 0.3) is 0 Å². The van der Waals surface area contributed by atoms with Gasteiger partial charge in [0.1, 0.15) is 0 Å². The summed E-state index contributed by atoms with van der Waals surface area (Å²) in [7, 11) is 0. The van der Waals surface area contributed by atoms with Crippen LogP contribution in [0.15, 0.2) is 0 Å². The van der Waals surface area contributed by atoms with E-state index in [1.165, 1.54) is 25.7 Å². The van der Waals surface area contributed by atoms with Crippen LogP contribution in [0.25, 0.3) is 0 Å². The molecular weight excluding hydrogens is 162 g/mol. The van der Waals surface area contributed by atoms with Crippen molar-refractivity contribution in [2.24, 2.45) is 17.8 Å². The largest absolute Gasteiger partial charge is 0.353 e. The summed E-state index contributed by atoms with van der Waals surface area (Å²) in [5.74, 6) is 2.50.